The quantitative estimate of drug-likeness (QED) is 0.473. The lowest BCUT2D eigenvalue weighted by molar-refractivity contribution is 0.484. The van der Waals surface area contributed by atoms with Crippen LogP contribution in [0.1, 0.15) is 18.4 Å². The maximum atomic E-state index is 5.60. The summed E-state index contributed by atoms with van der Waals surface area (Å²) < 4.78 is 0. The van der Waals surface area contributed by atoms with Crippen LogP contribution in [0.3, 0.4) is 0 Å². The predicted molar refractivity (Wildman–Crippen MR) is 69.0 cm³/mol. The highest BCUT2D eigenvalue weighted by Crippen LogP contribution is 2.38. The zero-order valence-electron chi connectivity index (χ0n) is 9.15. The molecular formula is C13H16N2S. The van der Waals surface area contributed by atoms with E-state index in [1.165, 1.54) is 10.5 Å². The fraction of sp³-hybridized carbons (Fsp3) is 0.385. The van der Waals surface area contributed by atoms with Gasteiger partial charge in [-0.15, -0.1) is 24.1 Å². The maximum Gasteiger partial charge on any atom is 0.0345 e. The van der Waals surface area contributed by atoms with E-state index in [2.05, 4.69) is 35.6 Å². The van der Waals surface area contributed by atoms with Crippen molar-refractivity contribution in [2.45, 2.75) is 35.4 Å². The van der Waals surface area contributed by atoms with Crippen LogP contribution >= 0.6 is 11.8 Å². The molecule has 0 saturated heterocycles. The standard InChI is InChI=1S/C13H16N2S/c1-2-3-7-11(15-14)13-9-10-6-4-5-8-12(10)16-13/h1,4-6,8,11,13,15H,3,7,9,14H2. The Hall–Kier alpha value is -0.950. The van der Waals surface area contributed by atoms with Crippen molar-refractivity contribution in [1.82, 2.24) is 5.43 Å². The van der Waals surface area contributed by atoms with E-state index in [9.17, 15) is 0 Å². The van der Waals surface area contributed by atoms with E-state index in [4.69, 9.17) is 12.3 Å². The van der Waals surface area contributed by atoms with E-state index in [1.807, 2.05) is 11.8 Å². The van der Waals surface area contributed by atoms with E-state index in [0.29, 0.717) is 11.3 Å². The van der Waals surface area contributed by atoms with E-state index in [0.717, 1.165) is 19.3 Å². The number of hydrazine groups is 1. The van der Waals surface area contributed by atoms with E-state index in [1.54, 1.807) is 0 Å². The summed E-state index contributed by atoms with van der Waals surface area (Å²) in [5.41, 5.74) is 4.33. The third kappa shape index (κ3) is 2.41. The largest absolute Gasteiger partial charge is 0.271 e. The van der Waals surface area contributed by atoms with Crippen molar-refractivity contribution < 1.29 is 0 Å². The summed E-state index contributed by atoms with van der Waals surface area (Å²) >= 11 is 1.91. The zero-order valence-corrected chi connectivity index (χ0v) is 9.96. The Morgan fingerprint density at radius 3 is 3.06 bits per heavy atom. The van der Waals surface area contributed by atoms with Crippen LogP contribution in [0.5, 0.6) is 0 Å². The molecule has 2 atom stereocenters. The minimum atomic E-state index is 0.299. The van der Waals surface area contributed by atoms with Gasteiger partial charge in [-0.2, -0.15) is 0 Å². The lowest BCUT2D eigenvalue weighted by Crippen LogP contribution is -2.42. The van der Waals surface area contributed by atoms with Crippen molar-refractivity contribution in [3.05, 3.63) is 29.8 Å². The van der Waals surface area contributed by atoms with Gasteiger partial charge in [0.15, 0.2) is 0 Å². The first kappa shape index (κ1) is 11.5. The van der Waals surface area contributed by atoms with Crippen LogP contribution in [-0.2, 0) is 6.42 Å². The number of nitrogens with two attached hydrogens (primary N) is 1. The first-order valence-electron chi connectivity index (χ1n) is 5.49. The number of hydrogen-bond donors (Lipinski definition) is 2. The third-order valence-corrected chi connectivity index (χ3v) is 4.38. The number of hydrogen-bond acceptors (Lipinski definition) is 3. The summed E-state index contributed by atoms with van der Waals surface area (Å²) in [6, 6.07) is 8.84. The fourth-order valence-electron chi connectivity index (χ4n) is 2.05. The molecule has 0 aromatic heterocycles. The zero-order chi connectivity index (χ0) is 11.4. The van der Waals surface area contributed by atoms with Gasteiger partial charge >= 0.3 is 0 Å². The van der Waals surface area contributed by atoms with Crippen molar-refractivity contribution in [3.8, 4) is 12.3 Å². The molecule has 1 heterocycles. The molecule has 0 aliphatic carbocycles. The summed E-state index contributed by atoms with van der Waals surface area (Å²) in [5, 5.41) is 0.510. The van der Waals surface area contributed by atoms with Crippen molar-refractivity contribution in [2.24, 2.45) is 5.84 Å². The molecule has 2 rings (SSSR count). The molecule has 0 spiro atoms. The number of thioether (sulfide) groups is 1. The van der Waals surface area contributed by atoms with Crippen molar-refractivity contribution in [3.63, 3.8) is 0 Å². The maximum absolute atomic E-state index is 5.60. The Balaban J connectivity index is 2.01. The van der Waals surface area contributed by atoms with Gasteiger partial charge in [0.25, 0.3) is 0 Å². The average Bonchev–Trinajstić information content (AvgIpc) is 2.73. The summed E-state index contributed by atoms with van der Waals surface area (Å²) in [5.74, 6) is 8.27. The second kappa shape index (κ2) is 5.40. The number of benzene rings is 1. The van der Waals surface area contributed by atoms with Crippen LogP contribution in [0.2, 0.25) is 0 Å². The van der Waals surface area contributed by atoms with Gasteiger partial charge in [-0.3, -0.25) is 11.3 Å². The molecule has 0 bridgehead atoms. The smallest absolute Gasteiger partial charge is 0.0345 e. The number of terminal acetylenes is 1. The molecule has 3 N–H and O–H groups in total. The van der Waals surface area contributed by atoms with Gasteiger partial charge in [0.2, 0.25) is 0 Å². The Kier molecular flexibility index (Phi) is 3.89. The second-order valence-electron chi connectivity index (χ2n) is 3.98. The monoisotopic (exact) mass is 232 g/mol. The Labute approximate surface area is 101 Å². The SMILES string of the molecule is C#CCCC(NN)C1Cc2ccccc2S1. The fourth-order valence-corrected chi connectivity index (χ4v) is 3.48. The minimum absolute atomic E-state index is 0.299. The molecule has 0 fully saturated rings. The molecule has 1 aliphatic rings. The van der Waals surface area contributed by atoms with E-state index < -0.39 is 0 Å². The molecule has 2 nitrogen and oxygen atoms in total. The highest BCUT2D eigenvalue weighted by molar-refractivity contribution is 8.00. The van der Waals surface area contributed by atoms with Gasteiger partial charge < -0.3 is 0 Å². The predicted octanol–water partition coefficient (Wildman–Crippen LogP) is 1.95. The van der Waals surface area contributed by atoms with Crippen LogP contribution in [-0.4, -0.2) is 11.3 Å². The lowest BCUT2D eigenvalue weighted by Gasteiger charge is -2.20. The van der Waals surface area contributed by atoms with Gasteiger partial charge in [0, 0.05) is 22.6 Å². The van der Waals surface area contributed by atoms with Crippen LogP contribution in [0, 0.1) is 12.3 Å². The highest BCUT2D eigenvalue weighted by Gasteiger charge is 2.28. The van der Waals surface area contributed by atoms with Crippen molar-refractivity contribution >= 4 is 11.8 Å². The first-order valence-corrected chi connectivity index (χ1v) is 6.37. The summed E-state index contributed by atoms with van der Waals surface area (Å²) in [7, 11) is 0. The summed E-state index contributed by atoms with van der Waals surface area (Å²) in [6.45, 7) is 0. The molecule has 2 unspecified atom stereocenters. The average molecular weight is 232 g/mol. The summed E-state index contributed by atoms with van der Waals surface area (Å²) in [4.78, 5) is 1.38. The number of fused-ring (bicyclic) bond motifs is 1. The van der Waals surface area contributed by atoms with Crippen LogP contribution in [0.15, 0.2) is 29.2 Å². The normalized spacial score (nSPS) is 20.1. The minimum Gasteiger partial charge on any atom is -0.271 e. The molecule has 16 heavy (non-hydrogen) atoms. The Bertz CT molecular complexity index is 372. The van der Waals surface area contributed by atoms with E-state index >= 15 is 0 Å². The molecule has 84 valence electrons. The molecule has 0 radical (unpaired) electrons. The highest BCUT2D eigenvalue weighted by atomic mass is 32.2. The van der Waals surface area contributed by atoms with Gasteiger partial charge in [-0.25, -0.2) is 0 Å². The molecule has 0 amide bonds. The molecule has 0 saturated carbocycles. The summed E-state index contributed by atoms with van der Waals surface area (Å²) in [6.07, 6.45) is 8.10. The molecule has 3 heteroatoms. The van der Waals surface area contributed by atoms with Crippen LogP contribution < -0.4 is 11.3 Å². The van der Waals surface area contributed by atoms with Crippen molar-refractivity contribution in [2.75, 3.05) is 0 Å². The molecule has 1 aromatic rings. The Morgan fingerprint density at radius 1 is 1.56 bits per heavy atom. The second-order valence-corrected chi connectivity index (χ2v) is 5.27. The van der Waals surface area contributed by atoms with Gasteiger partial charge in [-0.05, 0) is 24.5 Å². The molecule has 1 aromatic carbocycles. The number of nitrogens with one attached hydrogen (secondary N) is 1. The van der Waals surface area contributed by atoms with E-state index in [-0.39, 0.29) is 0 Å². The Morgan fingerprint density at radius 2 is 2.38 bits per heavy atom. The number of rotatable bonds is 4. The third-order valence-electron chi connectivity index (χ3n) is 2.93. The molecular weight excluding hydrogens is 216 g/mol. The topological polar surface area (TPSA) is 38.0 Å². The van der Waals surface area contributed by atoms with Crippen LogP contribution in [0.4, 0.5) is 0 Å². The molecule has 1 aliphatic heterocycles. The lowest BCUT2D eigenvalue weighted by atomic mass is 10.0. The van der Waals surface area contributed by atoms with Gasteiger partial charge in [-0.1, -0.05) is 18.2 Å². The van der Waals surface area contributed by atoms with Gasteiger partial charge in [0.1, 0.15) is 0 Å². The van der Waals surface area contributed by atoms with Crippen LogP contribution in [0.25, 0.3) is 0 Å². The first-order chi connectivity index (χ1) is 7.85. The van der Waals surface area contributed by atoms with Gasteiger partial charge in [0.05, 0.1) is 0 Å². The van der Waals surface area contributed by atoms with Crippen molar-refractivity contribution in [1.29, 1.82) is 0 Å².